The summed E-state index contributed by atoms with van der Waals surface area (Å²) in [6.45, 7) is 0.341. The number of nitrogens with zero attached hydrogens (tertiary/aromatic N) is 2. The third-order valence-corrected chi connectivity index (χ3v) is 2.76. The lowest BCUT2D eigenvalue weighted by atomic mass is 10.2. The summed E-state index contributed by atoms with van der Waals surface area (Å²) in [4.78, 5) is 38.9. The van der Waals surface area contributed by atoms with Gasteiger partial charge in [-0.05, 0) is 12.5 Å². The maximum atomic E-state index is 11.9. The van der Waals surface area contributed by atoms with Crippen molar-refractivity contribution in [1.82, 2.24) is 9.97 Å². The SMILES string of the molecule is O=C(O)CCCNc1nc2ccc([N+](=O)[O-])cc2c(=O)[nH]1. The molecule has 110 valence electrons. The monoisotopic (exact) mass is 292 g/mol. The van der Waals surface area contributed by atoms with E-state index in [0.29, 0.717) is 18.5 Å². The third kappa shape index (κ3) is 3.53. The number of anilines is 1. The molecule has 3 N–H and O–H groups in total. The number of carboxylic acid groups (broad SMARTS) is 1. The molecule has 1 heterocycles. The summed E-state index contributed by atoms with van der Waals surface area (Å²) in [5.41, 5.74) is -0.355. The van der Waals surface area contributed by atoms with Crippen LogP contribution in [0, 0.1) is 10.1 Å². The van der Waals surface area contributed by atoms with Gasteiger partial charge in [-0.15, -0.1) is 0 Å². The Hall–Kier alpha value is -2.97. The molecule has 0 spiro atoms. The number of aromatic amines is 1. The Labute approximate surface area is 117 Å². The first-order chi connectivity index (χ1) is 9.97. The van der Waals surface area contributed by atoms with Gasteiger partial charge in [-0.3, -0.25) is 24.7 Å². The van der Waals surface area contributed by atoms with Gasteiger partial charge in [-0.2, -0.15) is 0 Å². The Morgan fingerprint density at radius 1 is 1.48 bits per heavy atom. The topological polar surface area (TPSA) is 138 Å². The van der Waals surface area contributed by atoms with E-state index in [0.717, 1.165) is 6.07 Å². The first-order valence-corrected chi connectivity index (χ1v) is 6.11. The van der Waals surface area contributed by atoms with Crippen LogP contribution in [-0.2, 0) is 4.79 Å². The lowest BCUT2D eigenvalue weighted by Gasteiger charge is -2.05. The number of H-pyrrole nitrogens is 1. The Morgan fingerprint density at radius 3 is 2.90 bits per heavy atom. The van der Waals surface area contributed by atoms with Gasteiger partial charge in [0.15, 0.2) is 0 Å². The second-order valence-electron chi connectivity index (χ2n) is 4.30. The first-order valence-electron chi connectivity index (χ1n) is 6.11. The molecule has 9 heteroatoms. The third-order valence-electron chi connectivity index (χ3n) is 2.76. The van der Waals surface area contributed by atoms with Crippen LogP contribution in [0.15, 0.2) is 23.0 Å². The van der Waals surface area contributed by atoms with Crippen molar-refractivity contribution in [3.8, 4) is 0 Å². The van der Waals surface area contributed by atoms with Gasteiger partial charge >= 0.3 is 5.97 Å². The van der Waals surface area contributed by atoms with E-state index < -0.39 is 16.5 Å². The van der Waals surface area contributed by atoms with Crippen LogP contribution in [0.3, 0.4) is 0 Å². The molecule has 2 rings (SSSR count). The van der Waals surface area contributed by atoms with Crippen molar-refractivity contribution in [2.24, 2.45) is 0 Å². The molecule has 0 unspecified atom stereocenters. The average Bonchev–Trinajstić information content (AvgIpc) is 2.43. The van der Waals surface area contributed by atoms with Gasteiger partial charge in [-0.1, -0.05) is 0 Å². The van der Waals surface area contributed by atoms with Crippen molar-refractivity contribution in [3.63, 3.8) is 0 Å². The normalized spacial score (nSPS) is 10.5. The summed E-state index contributed by atoms with van der Waals surface area (Å²) in [5, 5.41) is 22.1. The Morgan fingerprint density at radius 2 is 2.24 bits per heavy atom. The van der Waals surface area contributed by atoms with E-state index in [1.165, 1.54) is 12.1 Å². The lowest BCUT2D eigenvalue weighted by Crippen LogP contribution is -2.14. The van der Waals surface area contributed by atoms with Crippen molar-refractivity contribution in [3.05, 3.63) is 38.7 Å². The Balaban J connectivity index is 2.21. The molecular formula is C12H12N4O5. The van der Waals surface area contributed by atoms with E-state index in [9.17, 15) is 19.7 Å². The van der Waals surface area contributed by atoms with Gasteiger partial charge < -0.3 is 10.4 Å². The number of benzene rings is 1. The molecule has 0 aliphatic carbocycles. The minimum atomic E-state index is -0.899. The average molecular weight is 292 g/mol. The zero-order valence-electron chi connectivity index (χ0n) is 10.8. The molecule has 0 atom stereocenters. The predicted molar refractivity (Wildman–Crippen MR) is 74.4 cm³/mol. The number of aromatic nitrogens is 2. The minimum Gasteiger partial charge on any atom is -0.481 e. The highest BCUT2D eigenvalue weighted by Gasteiger charge is 2.10. The number of non-ortho nitro benzene ring substituents is 1. The van der Waals surface area contributed by atoms with E-state index in [1.807, 2.05) is 0 Å². The number of hydrogen-bond donors (Lipinski definition) is 3. The zero-order chi connectivity index (χ0) is 15.4. The molecular weight excluding hydrogens is 280 g/mol. The van der Waals surface area contributed by atoms with Gasteiger partial charge in [0, 0.05) is 25.1 Å². The molecule has 0 saturated carbocycles. The molecule has 0 amide bonds. The van der Waals surface area contributed by atoms with Gasteiger partial charge in [0.1, 0.15) is 0 Å². The molecule has 0 radical (unpaired) electrons. The van der Waals surface area contributed by atoms with E-state index in [-0.39, 0.29) is 23.4 Å². The fraction of sp³-hybridized carbons (Fsp3) is 0.250. The molecule has 0 aliphatic rings. The molecule has 1 aromatic carbocycles. The quantitative estimate of drug-likeness (QED) is 0.411. The molecule has 1 aromatic heterocycles. The number of aliphatic carboxylic acids is 1. The molecule has 21 heavy (non-hydrogen) atoms. The molecule has 0 aliphatic heterocycles. The molecule has 9 nitrogen and oxygen atoms in total. The molecule has 0 bridgehead atoms. The summed E-state index contributed by atoms with van der Waals surface area (Å²) in [5.74, 6) is -0.698. The van der Waals surface area contributed by atoms with Crippen molar-refractivity contribution in [2.75, 3.05) is 11.9 Å². The van der Waals surface area contributed by atoms with Crippen LogP contribution in [-0.4, -0.2) is 32.5 Å². The van der Waals surface area contributed by atoms with Gasteiger partial charge in [0.2, 0.25) is 5.95 Å². The summed E-state index contributed by atoms with van der Waals surface area (Å²) >= 11 is 0. The van der Waals surface area contributed by atoms with Crippen molar-refractivity contribution in [2.45, 2.75) is 12.8 Å². The highest BCUT2D eigenvalue weighted by molar-refractivity contribution is 5.80. The van der Waals surface area contributed by atoms with Crippen molar-refractivity contribution < 1.29 is 14.8 Å². The number of fused-ring (bicyclic) bond motifs is 1. The summed E-state index contributed by atoms with van der Waals surface area (Å²) < 4.78 is 0. The highest BCUT2D eigenvalue weighted by Crippen LogP contribution is 2.17. The standard InChI is InChI=1S/C12H12N4O5/c17-10(18)2-1-5-13-12-14-9-4-3-7(16(20)21)6-8(9)11(19)15-12/h3-4,6H,1-2,5H2,(H,17,18)(H2,13,14,15,19). The minimum absolute atomic E-state index is 0.0109. The van der Waals surface area contributed by atoms with Crippen LogP contribution < -0.4 is 10.9 Å². The van der Waals surface area contributed by atoms with Crippen LogP contribution in [0.1, 0.15) is 12.8 Å². The number of nitro groups is 1. The van der Waals surface area contributed by atoms with Gasteiger partial charge in [-0.25, -0.2) is 4.98 Å². The number of nitrogens with one attached hydrogen (secondary N) is 2. The van der Waals surface area contributed by atoms with Crippen LogP contribution in [0.2, 0.25) is 0 Å². The van der Waals surface area contributed by atoms with E-state index in [1.54, 1.807) is 0 Å². The molecule has 2 aromatic rings. The number of rotatable bonds is 6. The summed E-state index contributed by atoms with van der Waals surface area (Å²) in [6, 6.07) is 3.82. The van der Waals surface area contributed by atoms with E-state index in [2.05, 4.69) is 15.3 Å². The van der Waals surface area contributed by atoms with Gasteiger partial charge in [0.25, 0.3) is 11.2 Å². The second kappa shape index (κ2) is 5.99. The summed E-state index contributed by atoms with van der Waals surface area (Å²) in [6.07, 6.45) is 0.397. The maximum absolute atomic E-state index is 11.9. The predicted octanol–water partition coefficient (Wildman–Crippen LogP) is 1.11. The van der Waals surface area contributed by atoms with Crippen LogP contribution >= 0.6 is 0 Å². The van der Waals surface area contributed by atoms with E-state index >= 15 is 0 Å². The van der Waals surface area contributed by atoms with Crippen LogP contribution in [0.5, 0.6) is 0 Å². The smallest absolute Gasteiger partial charge is 0.303 e. The number of carboxylic acids is 1. The Bertz CT molecular complexity index is 755. The van der Waals surface area contributed by atoms with Crippen molar-refractivity contribution >= 4 is 28.5 Å². The van der Waals surface area contributed by atoms with Crippen molar-refractivity contribution in [1.29, 1.82) is 0 Å². The second-order valence-corrected chi connectivity index (χ2v) is 4.30. The van der Waals surface area contributed by atoms with E-state index in [4.69, 9.17) is 5.11 Å². The highest BCUT2D eigenvalue weighted by atomic mass is 16.6. The zero-order valence-corrected chi connectivity index (χ0v) is 10.8. The number of hydrogen-bond acceptors (Lipinski definition) is 6. The fourth-order valence-electron chi connectivity index (χ4n) is 1.77. The largest absolute Gasteiger partial charge is 0.481 e. The fourth-order valence-corrected chi connectivity index (χ4v) is 1.77. The summed E-state index contributed by atoms with van der Waals surface area (Å²) in [7, 11) is 0. The lowest BCUT2D eigenvalue weighted by molar-refractivity contribution is -0.384. The molecule has 0 saturated heterocycles. The van der Waals surface area contributed by atoms with Crippen LogP contribution in [0.4, 0.5) is 11.6 Å². The Kier molecular flexibility index (Phi) is 4.12. The number of nitro benzene ring substituents is 1. The molecule has 0 fully saturated rings. The first kappa shape index (κ1) is 14.4. The number of carbonyl (C=O) groups is 1. The van der Waals surface area contributed by atoms with Gasteiger partial charge in [0.05, 0.1) is 15.8 Å². The maximum Gasteiger partial charge on any atom is 0.303 e. The van der Waals surface area contributed by atoms with Crippen LogP contribution in [0.25, 0.3) is 10.9 Å².